The predicted molar refractivity (Wildman–Crippen MR) is 63.6 cm³/mol. The monoisotopic (exact) mass is 233 g/mol. The van der Waals surface area contributed by atoms with E-state index in [4.69, 9.17) is 10.00 Å². The first kappa shape index (κ1) is 13.0. The van der Waals surface area contributed by atoms with Crippen molar-refractivity contribution in [1.82, 2.24) is 4.98 Å². The molecule has 0 aliphatic carbocycles. The Hall–Kier alpha value is -2.09. The summed E-state index contributed by atoms with van der Waals surface area (Å²) in [6.45, 7) is 5.37. The summed E-state index contributed by atoms with van der Waals surface area (Å²) in [5.74, 6) is 0.387. The second kappa shape index (κ2) is 4.83. The minimum atomic E-state index is -0.557. The first-order valence-corrected chi connectivity index (χ1v) is 5.16. The maximum atomic E-state index is 11.7. The second-order valence-corrected chi connectivity index (χ2v) is 4.55. The van der Waals surface area contributed by atoms with Crippen LogP contribution in [0.1, 0.15) is 26.3 Å². The molecule has 17 heavy (non-hydrogen) atoms. The lowest BCUT2D eigenvalue weighted by Gasteiger charge is -2.24. The largest absolute Gasteiger partial charge is 0.443 e. The highest BCUT2D eigenvalue weighted by molar-refractivity contribution is 5.86. The fourth-order valence-electron chi connectivity index (χ4n) is 1.10. The Kier molecular flexibility index (Phi) is 3.69. The van der Waals surface area contributed by atoms with E-state index in [0.717, 1.165) is 0 Å². The zero-order valence-corrected chi connectivity index (χ0v) is 10.4. The zero-order valence-electron chi connectivity index (χ0n) is 10.4. The molecule has 5 heteroatoms. The maximum Gasteiger partial charge on any atom is 0.415 e. The van der Waals surface area contributed by atoms with Gasteiger partial charge in [-0.3, -0.25) is 4.90 Å². The lowest BCUT2D eigenvalue weighted by molar-refractivity contribution is 0.0588. The quantitative estimate of drug-likeness (QED) is 0.746. The molecular formula is C12H15N3O2. The summed E-state index contributed by atoms with van der Waals surface area (Å²) < 4.78 is 5.19. The second-order valence-electron chi connectivity index (χ2n) is 4.55. The number of anilines is 1. The third-order valence-electron chi connectivity index (χ3n) is 1.89. The van der Waals surface area contributed by atoms with Gasteiger partial charge in [-0.1, -0.05) is 0 Å². The average Bonchev–Trinajstić information content (AvgIpc) is 2.26. The van der Waals surface area contributed by atoms with Gasteiger partial charge in [0, 0.05) is 13.2 Å². The third-order valence-corrected chi connectivity index (χ3v) is 1.89. The Morgan fingerprint density at radius 2 is 2.18 bits per heavy atom. The van der Waals surface area contributed by atoms with Crippen LogP contribution in [0, 0.1) is 11.3 Å². The van der Waals surface area contributed by atoms with Crippen molar-refractivity contribution >= 4 is 11.9 Å². The highest BCUT2D eigenvalue weighted by Gasteiger charge is 2.21. The molecule has 0 aliphatic rings. The summed E-state index contributed by atoms with van der Waals surface area (Å²) in [6.07, 6.45) is 0.981. The van der Waals surface area contributed by atoms with E-state index >= 15 is 0 Å². The van der Waals surface area contributed by atoms with Gasteiger partial charge >= 0.3 is 6.09 Å². The molecule has 0 aliphatic heterocycles. The number of ether oxygens (including phenoxy) is 1. The van der Waals surface area contributed by atoms with Gasteiger partial charge in [-0.2, -0.15) is 5.26 Å². The van der Waals surface area contributed by atoms with E-state index in [9.17, 15) is 4.79 Å². The summed E-state index contributed by atoms with van der Waals surface area (Å²) in [7, 11) is 1.55. The van der Waals surface area contributed by atoms with E-state index < -0.39 is 11.7 Å². The number of hydrogen-bond acceptors (Lipinski definition) is 4. The SMILES string of the molecule is CN(C(=O)OC(C)(C)C)c1cc(C#N)ccn1. The van der Waals surface area contributed by atoms with Crippen molar-refractivity contribution in [3.8, 4) is 6.07 Å². The molecule has 0 spiro atoms. The van der Waals surface area contributed by atoms with Crippen LogP contribution in [-0.2, 0) is 4.74 Å². The van der Waals surface area contributed by atoms with E-state index in [1.54, 1.807) is 33.9 Å². The molecule has 0 bridgehead atoms. The van der Waals surface area contributed by atoms with Gasteiger partial charge in [-0.25, -0.2) is 9.78 Å². The number of nitriles is 1. The highest BCUT2D eigenvalue weighted by Crippen LogP contribution is 2.15. The molecule has 1 rings (SSSR count). The van der Waals surface area contributed by atoms with Crippen molar-refractivity contribution < 1.29 is 9.53 Å². The van der Waals surface area contributed by atoms with Gasteiger partial charge in [0.1, 0.15) is 11.4 Å². The number of hydrogen-bond donors (Lipinski definition) is 0. The van der Waals surface area contributed by atoms with E-state index in [1.807, 2.05) is 6.07 Å². The average molecular weight is 233 g/mol. The molecule has 0 fully saturated rings. The van der Waals surface area contributed by atoms with Crippen LogP contribution in [0.2, 0.25) is 0 Å². The van der Waals surface area contributed by atoms with Gasteiger partial charge < -0.3 is 4.74 Å². The predicted octanol–water partition coefficient (Wildman–Crippen LogP) is 2.32. The van der Waals surface area contributed by atoms with Gasteiger partial charge in [0.05, 0.1) is 11.6 Å². The number of nitrogens with zero attached hydrogens (tertiary/aromatic N) is 3. The molecule has 0 N–H and O–H groups in total. The van der Waals surface area contributed by atoms with Crippen molar-refractivity contribution in [3.05, 3.63) is 23.9 Å². The van der Waals surface area contributed by atoms with Crippen molar-refractivity contribution in [1.29, 1.82) is 5.26 Å². The van der Waals surface area contributed by atoms with Gasteiger partial charge in [-0.05, 0) is 32.9 Å². The van der Waals surface area contributed by atoms with E-state index in [1.165, 1.54) is 17.2 Å². The molecule has 0 aromatic carbocycles. The summed E-state index contributed by atoms with van der Waals surface area (Å²) in [4.78, 5) is 17.0. The molecule has 0 atom stereocenters. The van der Waals surface area contributed by atoms with Crippen LogP contribution in [0.25, 0.3) is 0 Å². The van der Waals surface area contributed by atoms with Crippen molar-refractivity contribution in [3.63, 3.8) is 0 Å². The number of aromatic nitrogens is 1. The number of amides is 1. The van der Waals surface area contributed by atoms with Crippen LogP contribution in [-0.4, -0.2) is 23.7 Å². The minimum absolute atomic E-state index is 0.387. The van der Waals surface area contributed by atoms with Crippen LogP contribution in [0.5, 0.6) is 0 Å². The molecule has 0 radical (unpaired) electrons. The van der Waals surface area contributed by atoms with Crippen LogP contribution in [0.4, 0.5) is 10.6 Å². The van der Waals surface area contributed by atoms with Crippen LogP contribution in [0.15, 0.2) is 18.3 Å². The molecule has 1 aromatic rings. The van der Waals surface area contributed by atoms with Crippen LogP contribution < -0.4 is 4.90 Å². The number of carbonyl (C=O) groups excluding carboxylic acids is 1. The fraction of sp³-hybridized carbons (Fsp3) is 0.417. The summed E-state index contributed by atoms with van der Waals surface area (Å²) >= 11 is 0. The van der Waals surface area contributed by atoms with E-state index in [2.05, 4.69) is 4.98 Å². The zero-order chi connectivity index (χ0) is 13.1. The van der Waals surface area contributed by atoms with Gasteiger partial charge in [0.25, 0.3) is 0 Å². The Bertz CT molecular complexity index is 458. The number of pyridine rings is 1. The lowest BCUT2D eigenvalue weighted by Crippen LogP contribution is -2.34. The first-order valence-electron chi connectivity index (χ1n) is 5.16. The molecule has 90 valence electrons. The number of carbonyl (C=O) groups is 1. The summed E-state index contributed by atoms with van der Waals surface area (Å²) in [5.41, 5.74) is -0.108. The Morgan fingerprint density at radius 3 is 2.71 bits per heavy atom. The first-order chi connectivity index (χ1) is 7.83. The van der Waals surface area contributed by atoms with E-state index in [0.29, 0.717) is 11.4 Å². The Balaban J connectivity index is 2.86. The third kappa shape index (κ3) is 3.76. The Labute approximate surface area is 101 Å². The molecule has 5 nitrogen and oxygen atoms in total. The van der Waals surface area contributed by atoms with Crippen molar-refractivity contribution in [2.75, 3.05) is 11.9 Å². The van der Waals surface area contributed by atoms with Crippen LogP contribution >= 0.6 is 0 Å². The molecule has 1 heterocycles. The smallest absolute Gasteiger partial charge is 0.415 e. The van der Waals surface area contributed by atoms with Gasteiger partial charge in [0.2, 0.25) is 0 Å². The summed E-state index contributed by atoms with van der Waals surface area (Å²) in [6, 6.07) is 5.10. The molecular weight excluding hydrogens is 218 g/mol. The van der Waals surface area contributed by atoms with Gasteiger partial charge in [0.15, 0.2) is 0 Å². The summed E-state index contributed by atoms with van der Waals surface area (Å²) in [5, 5.41) is 8.76. The van der Waals surface area contributed by atoms with Crippen molar-refractivity contribution in [2.24, 2.45) is 0 Å². The fourth-order valence-corrected chi connectivity index (χ4v) is 1.10. The van der Waals surface area contributed by atoms with Gasteiger partial charge in [-0.15, -0.1) is 0 Å². The topological polar surface area (TPSA) is 66.2 Å². The van der Waals surface area contributed by atoms with Crippen LogP contribution in [0.3, 0.4) is 0 Å². The lowest BCUT2D eigenvalue weighted by atomic mass is 10.2. The molecule has 0 unspecified atom stereocenters. The number of rotatable bonds is 1. The molecule has 0 saturated heterocycles. The standard InChI is InChI=1S/C12H15N3O2/c1-12(2,3)17-11(16)15(4)10-7-9(8-13)5-6-14-10/h5-7H,1-4H3. The normalized spacial score (nSPS) is 10.5. The van der Waals surface area contributed by atoms with Crippen molar-refractivity contribution in [2.45, 2.75) is 26.4 Å². The highest BCUT2D eigenvalue weighted by atomic mass is 16.6. The maximum absolute atomic E-state index is 11.7. The molecule has 1 amide bonds. The van der Waals surface area contributed by atoms with E-state index in [-0.39, 0.29) is 0 Å². The molecule has 1 aromatic heterocycles. The minimum Gasteiger partial charge on any atom is -0.443 e. The Morgan fingerprint density at radius 1 is 1.53 bits per heavy atom. The molecule has 0 saturated carbocycles.